The smallest absolute Gasteiger partial charge is 0.303 e. The minimum absolute atomic E-state index is 0.373. The first kappa shape index (κ1) is 19.5. The van der Waals surface area contributed by atoms with E-state index in [1.807, 2.05) is 0 Å². The van der Waals surface area contributed by atoms with E-state index in [4.69, 9.17) is 5.11 Å². The Bertz CT molecular complexity index is 285. The van der Waals surface area contributed by atoms with E-state index < -0.39 is 5.97 Å². The molecule has 2 heteroatoms. The largest absolute Gasteiger partial charge is 0.481 e. The van der Waals surface area contributed by atoms with Crippen molar-refractivity contribution in [2.75, 3.05) is 0 Å². The maximum Gasteiger partial charge on any atom is 0.303 e. The van der Waals surface area contributed by atoms with Crippen LogP contribution in [0, 0.1) is 17.8 Å². The van der Waals surface area contributed by atoms with Gasteiger partial charge >= 0.3 is 5.97 Å². The summed E-state index contributed by atoms with van der Waals surface area (Å²) in [5, 5.41) is 8.67. The second-order valence-corrected chi connectivity index (χ2v) is 7.84. The Labute approximate surface area is 138 Å². The van der Waals surface area contributed by atoms with Crippen LogP contribution < -0.4 is 0 Å². The maximum atomic E-state index is 10.5. The number of rotatable bonds is 15. The Morgan fingerprint density at radius 2 is 1.36 bits per heavy atom. The highest BCUT2D eigenvalue weighted by atomic mass is 16.4. The van der Waals surface area contributed by atoms with Crippen molar-refractivity contribution in [3.05, 3.63) is 0 Å². The standard InChI is InChI=1S/C20H38O2/c1-17(2)12-10-8-6-4-3-5-7-9-11-13-18-16-19(18)14-15-20(21)22/h17-19H,3-16H2,1-2H3,(H,21,22)/t18-,19-/m0/s1. The van der Waals surface area contributed by atoms with Gasteiger partial charge in [-0.2, -0.15) is 0 Å². The zero-order valence-electron chi connectivity index (χ0n) is 15.0. The van der Waals surface area contributed by atoms with E-state index in [-0.39, 0.29) is 0 Å². The summed E-state index contributed by atoms with van der Waals surface area (Å²) < 4.78 is 0. The van der Waals surface area contributed by atoms with Crippen LogP contribution in [0.5, 0.6) is 0 Å². The van der Waals surface area contributed by atoms with Crippen LogP contribution in [-0.2, 0) is 4.79 Å². The molecule has 0 aromatic heterocycles. The molecular formula is C20H38O2. The number of carbonyl (C=O) groups is 1. The summed E-state index contributed by atoms with van der Waals surface area (Å²) in [5.74, 6) is 1.84. The van der Waals surface area contributed by atoms with E-state index in [0.717, 1.165) is 24.2 Å². The molecule has 0 saturated heterocycles. The Morgan fingerprint density at radius 1 is 0.864 bits per heavy atom. The number of aliphatic carboxylic acids is 1. The fourth-order valence-corrected chi connectivity index (χ4v) is 3.52. The molecule has 0 aliphatic heterocycles. The van der Waals surface area contributed by atoms with Crippen molar-refractivity contribution in [2.24, 2.45) is 17.8 Å². The first-order valence-electron chi connectivity index (χ1n) is 9.81. The molecule has 22 heavy (non-hydrogen) atoms. The van der Waals surface area contributed by atoms with Gasteiger partial charge in [0, 0.05) is 6.42 Å². The molecule has 0 radical (unpaired) electrons. The summed E-state index contributed by atoms with van der Waals surface area (Å²) in [6.07, 6.45) is 18.0. The summed E-state index contributed by atoms with van der Waals surface area (Å²) >= 11 is 0. The normalized spacial score (nSPS) is 20.5. The second kappa shape index (κ2) is 12.0. The Hall–Kier alpha value is -0.530. The molecule has 1 saturated carbocycles. The fourth-order valence-electron chi connectivity index (χ4n) is 3.52. The molecule has 0 heterocycles. The lowest BCUT2D eigenvalue weighted by molar-refractivity contribution is -0.137. The van der Waals surface area contributed by atoms with E-state index in [1.54, 1.807) is 0 Å². The average molecular weight is 311 g/mol. The van der Waals surface area contributed by atoms with Gasteiger partial charge in [-0.1, -0.05) is 84.5 Å². The predicted molar refractivity (Wildman–Crippen MR) is 94.1 cm³/mol. The molecule has 1 N–H and O–H groups in total. The SMILES string of the molecule is CC(C)CCCCCCCCCCC[C@H]1C[C@@H]1CCC(=O)O. The Morgan fingerprint density at radius 3 is 1.91 bits per heavy atom. The van der Waals surface area contributed by atoms with Gasteiger partial charge in [0.05, 0.1) is 0 Å². The third-order valence-electron chi connectivity index (χ3n) is 5.15. The van der Waals surface area contributed by atoms with Crippen molar-refractivity contribution < 1.29 is 9.90 Å². The van der Waals surface area contributed by atoms with Crippen LogP contribution in [0.25, 0.3) is 0 Å². The van der Waals surface area contributed by atoms with Crippen molar-refractivity contribution in [1.29, 1.82) is 0 Å². The lowest BCUT2D eigenvalue weighted by atomic mass is 10.0. The summed E-state index contributed by atoms with van der Waals surface area (Å²) in [4.78, 5) is 10.5. The van der Waals surface area contributed by atoms with E-state index >= 15 is 0 Å². The Balaban J connectivity index is 1.73. The number of carboxylic acids is 1. The van der Waals surface area contributed by atoms with Crippen LogP contribution >= 0.6 is 0 Å². The van der Waals surface area contributed by atoms with Crippen molar-refractivity contribution in [2.45, 2.75) is 104 Å². The summed E-state index contributed by atoms with van der Waals surface area (Å²) in [7, 11) is 0. The molecule has 130 valence electrons. The molecule has 0 unspecified atom stereocenters. The molecule has 2 nitrogen and oxygen atoms in total. The minimum Gasteiger partial charge on any atom is -0.481 e. The zero-order chi connectivity index (χ0) is 16.2. The molecule has 0 amide bonds. The summed E-state index contributed by atoms with van der Waals surface area (Å²) in [6, 6.07) is 0. The number of hydrogen-bond donors (Lipinski definition) is 1. The molecule has 1 fully saturated rings. The van der Waals surface area contributed by atoms with Gasteiger partial charge < -0.3 is 5.11 Å². The molecule has 0 aromatic rings. The van der Waals surface area contributed by atoms with Gasteiger partial charge in [-0.3, -0.25) is 4.79 Å². The molecule has 1 aliphatic carbocycles. The molecule has 2 atom stereocenters. The summed E-state index contributed by atoms with van der Waals surface area (Å²) in [5.41, 5.74) is 0. The van der Waals surface area contributed by atoms with Gasteiger partial charge in [0.2, 0.25) is 0 Å². The number of unbranched alkanes of at least 4 members (excludes halogenated alkanes) is 8. The van der Waals surface area contributed by atoms with Gasteiger partial charge in [-0.05, 0) is 30.6 Å². The topological polar surface area (TPSA) is 37.3 Å². The highest BCUT2D eigenvalue weighted by Gasteiger charge is 2.35. The summed E-state index contributed by atoms with van der Waals surface area (Å²) in [6.45, 7) is 4.63. The van der Waals surface area contributed by atoms with Crippen LogP contribution in [0.1, 0.15) is 104 Å². The molecule has 1 aliphatic rings. The van der Waals surface area contributed by atoms with E-state index in [0.29, 0.717) is 6.42 Å². The highest BCUT2D eigenvalue weighted by molar-refractivity contribution is 5.66. The first-order chi connectivity index (χ1) is 10.6. The highest BCUT2D eigenvalue weighted by Crippen LogP contribution is 2.45. The van der Waals surface area contributed by atoms with Crippen LogP contribution in [0.4, 0.5) is 0 Å². The molecule has 1 rings (SSSR count). The third-order valence-corrected chi connectivity index (χ3v) is 5.15. The van der Waals surface area contributed by atoms with E-state index in [2.05, 4.69) is 13.8 Å². The average Bonchev–Trinajstić information content (AvgIpc) is 3.20. The lowest BCUT2D eigenvalue weighted by Crippen LogP contribution is -1.95. The van der Waals surface area contributed by atoms with Crippen LogP contribution in [0.2, 0.25) is 0 Å². The van der Waals surface area contributed by atoms with Gasteiger partial charge in [0.15, 0.2) is 0 Å². The zero-order valence-corrected chi connectivity index (χ0v) is 15.0. The monoisotopic (exact) mass is 310 g/mol. The van der Waals surface area contributed by atoms with Gasteiger partial charge in [0.25, 0.3) is 0 Å². The second-order valence-electron chi connectivity index (χ2n) is 7.84. The van der Waals surface area contributed by atoms with Crippen molar-refractivity contribution in [3.8, 4) is 0 Å². The number of hydrogen-bond acceptors (Lipinski definition) is 1. The van der Waals surface area contributed by atoms with E-state index in [9.17, 15) is 4.79 Å². The molecule has 0 bridgehead atoms. The maximum absolute atomic E-state index is 10.5. The fraction of sp³-hybridized carbons (Fsp3) is 0.950. The van der Waals surface area contributed by atoms with Crippen LogP contribution in [-0.4, -0.2) is 11.1 Å². The van der Waals surface area contributed by atoms with Crippen molar-refractivity contribution >= 4 is 5.97 Å². The minimum atomic E-state index is -0.630. The van der Waals surface area contributed by atoms with Gasteiger partial charge in [-0.25, -0.2) is 0 Å². The third kappa shape index (κ3) is 11.1. The number of carboxylic acid groups (broad SMARTS) is 1. The molecule has 0 spiro atoms. The van der Waals surface area contributed by atoms with Crippen molar-refractivity contribution in [1.82, 2.24) is 0 Å². The Kier molecular flexibility index (Phi) is 10.6. The van der Waals surface area contributed by atoms with Crippen LogP contribution in [0.3, 0.4) is 0 Å². The molecular weight excluding hydrogens is 272 g/mol. The quantitative estimate of drug-likeness (QED) is 0.354. The lowest BCUT2D eigenvalue weighted by Gasteiger charge is -2.04. The van der Waals surface area contributed by atoms with Crippen molar-refractivity contribution in [3.63, 3.8) is 0 Å². The van der Waals surface area contributed by atoms with Gasteiger partial charge in [-0.15, -0.1) is 0 Å². The predicted octanol–water partition coefficient (Wildman–Crippen LogP) is 6.43. The first-order valence-corrected chi connectivity index (χ1v) is 9.81. The van der Waals surface area contributed by atoms with Gasteiger partial charge in [0.1, 0.15) is 0 Å². The van der Waals surface area contributed by atoms with Crippen LogP contribution in [0.15, 0.2) is 0 Å². The molecule has 0 aromatic carbocycles. The van der Waals surface area contributed by atoms with E-state index in [1.165, 1.54) is 77.0 Å².